The Morgan fingerprint density at radius 1 is 1.21 bits per heavy atom. The maximum absolute atomic E-state index is 13.2. The standard InChI is InChI=1S/C15H24F3N5O/c1-11(22-9-5-8-14(24,10-22)15(16,17)18)13-19-20-21-23(13)12-6-3-2-4-7-12/h11-12,24H,2-10H2,1H3. The molecule has 3 rings (SSSR count). The van der Waals surface area contributed by atoms with Gasteiger partial charge in [0, 0.05) is 6.54 Å². The monoisotopic (exact) mass is 347 g/mol. The van der Waals surface area contributed by atoms with E-state index in [1.54, 1.807) is 9.58 Å². The zero-order chi connectivity index (χ0) is 17.4. The van der Waals surface area contributed by atoms with Crippen molar-refractivity contribution in [2.24, 2.45) is 0 Å². The van der Waals surface area contributed by atoms with Crippen LogP contribution in [-0.2, 0) is 0 Å². The van der Waals surface area contributed by atoms with E-state index in [-0.39, 0.29) is 18.5 Å². The van der Waals surface area contributed by atoms with Crippen LogP contribution in [0, 0.1) is 0 Å². The van der Waals surface area contributed by atoms with Gasteiger partial charge >= 0.3 is 6.18 Å². The van der Waals surface area contributed by atoms with Crippen LogP contribution >= 0.6 is 0 Å². The summed E-state index contributed by atoms with van der Waals surface area (Å²) in [6, 6.07) is -0.145. The van der Waals surface area contributed by atoms with Crippen LogP contribution < -0.4 is 0 Å². The quantitative estimate of drug-likeness (QED) is 0.910. The van der Waals surface area contributed by atoms with E-state index in [0.29, 0.717) is 18.8 Å². The van der Waals surface area contributed by atoms with E-state index >= 15 is 0 Å². The highest BCUT2D eigenvalue weighted by molar-refractivity contribution is 5.00. The van der Waals surface area contributed by atoms with Crippen molar-refractivity contribution in [3.63, 3.8) is 0 Å². The van der Waals surface area contributed by atoms with E-state index in [2.05, 4.69) is 15.5 Å². The van der Waals surface area contributed by atoms with Crippen LogP contribution in [0.5, 0.6) is 0 Å². The molecule has 1 aliphatic heterocycles. The zero-order valence-electron chi connectivity index (χ0n) is 13.8. The first-order valence-electron chi connectivity index (χ1n) is 8.63. The summed E-state index contributed by atoms with van der Waals surface area (Å²) in [5.74, 6) is 0.591. The third-order valence-electron chi connectivity index (χ3n) is 5.39. The molecule has 2 unspecified atom stereocenters. The van der Waals surface area contributed by atoms with Gasteiger partial charge in [-0.2, -0.15) is 13.2 Å². The number of aromatic nitrogens is 4. The molecule has 2 atom stereocenters. The van der Waals surface area contributed by atoms with Crippen LogP contribution in [0.2, 0.25) is 0 Å². The van der Waals surface area contributed by atoms with Gasteiger partial charge in [-0.05, 0) is 49.6 Å². The molecule has 1 saturated heterocycles. The minimum atomic E-state index is -4.62. The molecule has 0 radical (unpaired) electrons. The molecule has 136 valence electrons. The van der Waals surface area contributed by atoms with E-state index < -0.39 is 18.3 Å². The third kappa shape index (κ3) is 3.28. The third-order valence-corrected chi connectivity index (χ3v) is 5.39. The highest BCUT2D eigenvalue weighted by atomic mass is 19.4. The SMILES string of the molecule is CC(c1nnnn1C1CCCCC1)N1CCCC(O)(C(F)(F)F)C1. The first-order chi connectivity index (χ1) is 11.3. The van der Waals surface area contributed by atoms with Crippen LogP contribution in [0.25, 0.3) is 0 Å². The molecule has 0 bridgehead atoms. The Morgan fingerprint density at radius 2 is 1.92 bits per heavy atom. The number of likely N-dealkylation sites (tertiary alicyclic amines) is 1. The second kappa shape index (κ2) is 6.59. The van der Waals surface area contributed by atoms with Gasteiger partial charge in [0.2, 0.25) is 0 Å². The maximum Gasteiger partial charge on any atom is 0.418 e. The second-order valence-electron chi connectivity index (χ2n) is 7.05. The van der Waals surface area contributed by atoms with Gasteiger partial charge in [0.15, 0.2) is 11.4 Å². The Bertz CT molecular complexity index is 558. The van der Waals surface area contributed by atoms with Gasteiger partial charge < -0.3 is 5.11 Å². The Labute approximate surface area is 139 Å². The molecule has 24 heavy (non-hydrogen) atoms. The summed E-state index contributed by atoms with van der Waals surface area (Å²) in [6.45, 7) is 1.87. The molecule has 0 spiro atoms. The number of β-amino-alcohol motifs (C(OH)–C–C–N with tert-alkyl or cyclic N) is 1. The van der Waals surface area contributed by atoms with Gasteiger partial charge in [0.25, 0.3) is 0 Å². The molecule has 1 N–H and O–H groups in total. The minimum Gasteiger partial charge on any atom is -0.379 e. The van der Waals surface area contributed by atoms with E-state index in [0.717, 1.165) is 25.7 Å². The fourth-order valence-electron chi connectivity index (χ4n) is 3.86. The first kappa shape index (κ1) is 17.6. The largest absolute Gasteiger partial charge is 0.418 e. The summed E-state index contributed by atoms with van der Waals surface area (Å²) in [7, 11) is 0. The predicted octanol–water partition coefficient (Wildman–Crippen LogP) is 2.63. The van der Waals surface area contributed by atoms with E-state index in [9.17, 15) is 18.3 Å². The molecule has 0 aromatic carbocycles. The number of aliphatic hydroxyl groups is 1. The lowest BCUT2D eigenvalue weighted by molar-refractivity contribution is -0.275. The summed E-state index contributed by atoms with van der Waals surface area (Å²) >= 11 is 0. The van der Waals surface area contributed by atoms with E-state index in [1.165, 1.54) is 6.42 Å². The summed E-state index contributed by atoms with van der Waals surface area (Å²) in [5, 5.41) is 21.9. The number of nitrogens with zero attached hydrogens (tertiary/aromatic N) is 5. The van der Waals surface area contributed by atoms with Gasteiger partial charge in [0.1, 0.15) is 0 Å². The normalized spacial score (nSPS) is 28.9. The maximum atomic E-state index is 13.2. The number of piperidine rings is 1. The van der Waals surface area contributed by atoms with Crippen molar-refractivity contribution in [1.29, 1.82) is 0 Å². The topological polar surface area (TPSA) is 67.1 Å². The predicted molar refractivity (Wildman–Crippen MR) is 80.2 cm³/mol. The van der Waals surface area contributed by atoms with Crippen molar-refractivity contribution in [3.8, 4) is 0 Å². The van der Waals surface area contributed by atoms with Crippen molar-refractivity contribution in [3.05, 3.63) is 5.82 Å². The van der Waals surface area contributed by atoms with E-state index in [4.69, 9.17) is 0 Å². The van der Waals surface area contributed by atoms with Crippen molar-refractivity contribution in [1.82, 2.24) is 25.1 Å². The van der Waals surface area contributed by atoms with Gasteiger partial charge in [-0.1, -0.05) is 19.3 Å². The lowest BCUT2D eigenvalue weighted by Gasteiger charge is -2.42. The summed E-state index contributed by atoms with van der Waals surface area (Å²) in [6.07, 6.45) is 0.855. The summed E-state index contributed by atoms with van der Waals surface area (Å²) in [5.41, 5.74) is -2.65. The Balaban J connectivity index is 1.77. The van der Waals surface area contributed by atoms with Crippen molar-refractivity contribution >= 4 is 0 Å². The molecular weight excluding hydrogens is 323 g/mol. The zero-order valence-corrected chi connectivity index (χ0v) is 13.8. The van der Waals surface area contributed by atoms with Crippen LogP contribution in [-0.4, -0.2) is 55.1 Å². The van der Waals surface area contributed by atoms with Crippen LogP contribution in [0.3, 0.4) is 0 Å². The lowest BCUT2D eigenvalue weighted by Crippen LogP contribution is -2.57. The van der Waals surface area contributed by atoms with Crippen molar-refractivity contribution in [2.45, 2.75) is 75.7 Å². The molecule has 1 aromatic rings. The average molecular weight is 347 g/mol. The fraction of sp³-hybridized carbons (Fsp3) is 0.933. The van der Waals surface area contributed by atoms with Crippen molar-refractivity contribution in [2.75, 3.05) is 13.1 Å². The van der Waals surface area contributed by atoms with Gasteiger partial charge in [-0.15, -0.1) is 5.10 Å². The smallest absolute Gasteiger partial charge is 0.379 e. The second-order valence-corrected chi connectivity index (χ2v) is 7.05. The number of hydrogen-bond donors (Lipinski definition) is 1. The van der Waals surface area contributed by atoms with Crippen LogP contribution in [0.4, 0.5) is 13.2 Å². The number of alkyl halides is 3. The molecule has 1 aromatic heterocycles. The molecule has 6 nitrogen and oxygen atoms in total. The van der Waals surface area contributed by atoms with E-state index in [1.807, 2.05) is 6.92 Å². The summed E-state index contributed by atoms with van der Waals surface area (Å²) in [4.78, 5) is 1.64. The fourth-order valence-corrected chi connectivity index (χ4v) is 3.86. The van der Waals surface area contributed by atoms with Gasteiger partial charge in [-0.25, -0.2) is 4.68 Å². The average Bonchev–Trinajstić information content (AvgIpc) is 3.03. The highest BCUT2D eigenvalue weighted by Gasteiger charge is 2.55. The molecule has 2 aliphatic rings. The number of halogens is 3. The summed E-state index contributed by atoms with van der Waals surface area (Å²) < 4.78 is 41.2. The van der Waals surface area contributed by atoms with Gasteiger partial charge in [-0.3, -0.25) is 4.90 Å². The Hall–Kier alpha value is -1.22. The number of hydrogen-bond acceptors (Lipinski definition) is 5. The molecule has 1 saturated carbocycles. The molecule has 2 fully saturated rings. The van der Waals surface area contributed by atoms with Crippen LogP contribution in [0.1, 0.15) is 69.8 Å². The molecule has 9 heteroatoms. The minimum absolute atomic E-state index is 0.220. The van der Waals surface area contributed by atoms with Gasteiger partial charge in [0.05, 0.1) is 12.1 Å². The highest BCUT2D eigenvalue weighted by Crippen LogP contribution is 2.39. The molecular formula is C15H24F3N5O. The number of tetrazole rings is 1. The molecule has 0 amide bonds. The number of rotatable bonds is 3. The van der Waals surface area contributed by atoms with Crippen LogP contribution in [0.15, 0.2) is 0 Å². The molecule has 1 aliphatic carbocycles. The van der Waals surface area contributed by atoms with Crippen molar-refractivity contribution < 1.29 is 18.3 Å². The Kier molecular flexibility index (Phi) is 4.83. The first-order valence-corrected chi connectivity index (χ1v) is 8.63. The lowest BCUT2D eigenvalue weighted by atomic mass is 9.91. The Morgan fingerprint density at radius 3 is 2.58 bits per heavy atom. The molecule has 2 heterocycles.